The van der Waals surface area contributed by atoms with E-state index < -0.39 is 0 Å². The predicted octanol–water partition coefficient (Wildman–Crippen LogP) is 0.942. The van der Waals surface area contributed by atoms with E-state index in [0.29, 0.717) is 18.4 Å². The van der Waals surface area contributed by atoms with E-state index in [1.165, 1.54) is 32.4 Å². The van der Waals surface area contributed by atoms with Crippen LogP contribution in [0.2, 0.25) is 0 Å². The van der Waals surface area contributed by atoms with Crippen molar-refractivity contribution in [1.29, 1.82) is 0 Å². The summed E-state index contributed by atoms with van der Waals surface area (Å²) in [4.78, 5) is 16.9. The fraction of sp³-hybridized carbons (Fsp3) is 0.733. The Bertz CT molecular complexity index is 472. The van der Waals surface area contributed by atoms with Gasteiger partial charge in [-0.25, -0.2) is 0 Å². The van der Waals surface area contributed by atoms with Gasteiger partial charge >= 0.3 is 0 Å². The molecule has 3 rings (SSSR count). The highest BCUT2D eigenvalue weighted by Gasteiger charge is 2.27. The van der Waals surface area contributed by atoms with E-state index in [0.717, 1.165) is 25.9 Å². The van der Waals surface area contributed by atoms with E-state index in [9.17, 15) is 4.79 Å². The third-order valence-corrected chi connectivity index (χ3v) is 4.68. The zero-order chi connectivity index (χ0) is 14.7. The molecule has 1 amide bonds. The lowest BCUT2D eigenvalue weighted by Crippen LogP contribution is -2.48. The largest absolute Gasteiger partial charge is 0.382 e. The molecule has 2 aliphatic heterocycles. The molecule has 6 nitrogen and oxygen atoms in total. The molecule has 1 aromatic heterocycles. The third kappa shape index (κ3) is 3.56. The Labute approximate surface area is 125 Å². The van der Waals surface area contributed by atoms with Gasteiger partial charge in [0.2, 0.25) is 5.91 Å². The summed E-state index contributed by atoms with van der Waals surface area (Å²) in [6.07, 6.45) is 8.01. The Morgan fingerprint density at radius 2 is 1.90 bits per heavy atom. The number of nitrogens with two attached hydrogens (primary N) is 1. The molecule has 3 heterocycles. The van der Waals surface area contributed by atoms with Crippen LogP contribution in [-0.4, -0.2) is 57.7 Å². The SMILES string of the molecule is Nc1ccn(CC(=O)N2CCC(N3CCCCC3)CC2)n1. The summed E-state index contributed by atoms with van der Waals surface area (Å²) in [6, 6.07) is 2.39. The standard InChI is InChI=1S/C15H25N5O/c16-14-6-11-20(17-14)12-15(21)19-9-4-13(5-10-19)18-7-2-1-3-8-18/h6,11,13H,1-5,7-10,12H2,(H2,16,17). The summed E-state index contributed by atoms with van der Waals surface area (Å²) in [5.74, 6) is 0.613. The lowest BCUT2D eigenvalue weighted by molar-refractivity contribution is -0.133. The van der Waals surface area contributed by atoms with Gasteiger partial charge in [-0.1, -0.05) is 6.42 Å². The molecule has 21 heavy (non-hydrogen) atoms. The number of carbonyl (C=O) groups excluding carboxylic acids is 1. The first kappa shape index (κ1) is 14.4. The molecule has 0 atom stereocenters. The molecule has 2 saturated heterocycles. The minimum Gasteiger partial charge on any atom is -0.382 e. The molecule has 2 N–H and O–H groups in total. The van der Waals surface area contributed by atoms with Crippen LogP contribution < -0.4 is 5.73 Å². The fourth-order valence-electron chi connectivity index (χ4n) is 3.47. The highest BCUT2D eigenvalue weighted by atomic mass is 16.2. The summed E-state index contributed by atoms with van der Waals surface area (Å²) in [5, 5.41) is 4.07. The molecule has 0 unspecified atom stereocenters. The topological polar surface area (TPSA) is 67.4 Å². The maximum atomic E-state index is 12.3. The summed E-state index contributed by atoms with van der Waals surface area (Å²) < 4.78 is 1.62. The number of amides is 1. The van der Waals surface area contributed by atoms with Crippen LogP contribution in [0.25, 0.3) is 0 Å². The van der Waals surface area contributed by atoms with Crippen LogP contribution in [0.1, 0.15) is 32.1 Å². The van der Waals surface area contributed by atoms with Crippen LogP contribution in [0.15, 0.2) is 12.3 Å². The Morgan fingerprint density at radius 1 is 1.19 bits per heavy atom. The second-order valence-electron chi connectivity index (χ2n) is 6.15. The highest BCUT2D eigenvalue weighted by molar-refractivity contribution is 5.76. The van der Waals surface area contributed by atoms with Gasteiger partial charge in [-0.05, 0) is 44.8 Å². The van der Waals surface area contributed by atoms with Crippen LogP contribution in [0.3, 0.4) is 0 Å². The van der Waals surface area contributed by atoms with E-state index in [-0.39, 0.29) is 5.91 Å². The zero-order valence-electron chi connectivity index (χ0n) is 12.6. The van der Waals surface area contributed by atoms with Crippen LogP contribution in [0.4, 0.5) is 5.82 Å². The molecule has 0 spiro atoms. The van der Waals surface area contributed by atoms with Crippen molar-refractivity contribution in [2.45, 2.75) is 44.7 Å². The van der Waals surface area contributed by atoms with E-state index in [4.69, 9.17) is 5.73 Å². The number of likely N-dealkylation sites (tertiary alicyclic amines) is 2. The number of nitrogen functional groups attached to an aromatic ring is 1. The molecule has 2 aliphatic rings. The average Bonchev–Trinajstić information content (AvgIpc) is 2.93. The van der Waals surface area contributed by atoms with E-state index >= 15 is 0 Å². The Balaban J connectivity index is 1.47. The van der Waals surface area contributed by atoms with Crippen molar-refractivity contribution in [3.05, 3.63) is 12.3 Å². The van der Waals surface area contributed by atoms with Gasteiger partial charge in [-0.3, -0.25) is 9.48 Å². The number of hydrogen-bond acceptors (Lipinski definition) is 4. The molecule has 0 radical (unpaired) electrons. The van der Waals surface area contributed by atoms with E-state index in [1.807, 2.05) is 4.90 Å². The van der Waals surface area contributed by atoms with Crippen molar-refractivity contribution in [2.75, 3.05) is 31.9 Å². The molecule has 0 aromatic carbocycles. The van der Waals surface area contributed by atoms with Gasteiger partial charge in [-0.2, -0.15) is 5.10 Å². The summed E-state index contributed by atoms with van der Waals surface area (Å²) in [5.41, 5.74) is 5.57. The van der Waals surface area contributed by atoms with Gasteiger partial charge in [0.05, 0.1) is 0 Å². The molecule has 1 aromatic rings. The lowest BCUT2D eigenvalue weighted by atomic mass is 10.00. The number of anilines is 1. The molecule has 6 heteroatoms. The van der Waals surface area contributed by atoms with Gasteiger partial charge in [0.15, 0.2) is 0 Å². The first-order chi connectivity index (χ1) is 10.2. The van der Waals surface area contributed by atoms with Gasteiger partial charge in [0, 0.05) is 25.3 Å². The van der Waals surface area contributed by atoms with Crippen molar-refractivity contribution >= 4 is 11.7 Å². The number of piperidine rings is 2. The van der Waals surface area contributed by atoms with Gasteiger partial charge < -0.3 is 15.5 Å². The molecular weight excluding hydrogens is 266 g/mol. The number of nitrogens with zero attached hydrogens (tertiary/aromatic N) is 4. The molecule has 0 saturated carbocycles. The maximum Gasteiger partial charge on any atom is 0.244 e. The predicted molar refractivity (Wildman–Crippen MR) is 81.7 cm³/mol. The van der Waals surface area contributed by atoms with Crippen LogP contribution >= 0.6 is 0 Å². The second kappa shape index (κ2) is 6.47. The second-order valence-corrected chi connectivity index (χ2v) is 6.15. The Morgan fingerprint density at radius 3 is 2.52 bits per heavy atom. The van der Waals surface area contributed by atoms with Crippen molar-refractivity contribution in [3.63, 3.8) is 0 Å². The average molecular weight is 291 g/mol. The maximum absolute atomic E-state index is 12.3. The third-order valence-electron chi connectivity index (χ3n) is 4.68. The Hall–Kier alpha value is -1.56. The number of carbonyl (C=O) groups is 1. The minimum absolute atomic E-state index is 0.148. The monoisotopic (exact) mass is 291 g/mol. The minimum atomic E-state index is 0.148. The first-order valence-electron chi connectivity index (χ1n) is 8.03. The molecule has 2 fully saturated rings. The quantitative estimate of drug-likeness (QED) is 0.900. The fourth-order valence-corrected chi connectivity index (χ4v) is 3.47. The summed E-state index contributed by atoms with van der Waals surface area (Å²) in [6.45, 7) is 4.52. The van der Waals surface area contributed by atoms with Crippen LogP contribution in [-0.2, 0) is 11.3 Å². The molecule has 0 bridgehead atoms. The number of hydrogen-bond donors (Lipinski definition) is 1. The van der Waals surface area contributed by atoms with Gasteiger partial charge in [-0.15, -0.1) is 0 Å². The number of aromatic nitrogens is 2. The molecular formula is C15H25N5O. The van der Waals surface area contributed by atoms with Crippen LogP contribution in [0.5, 0.6) is 0 Å². The van der Waals surface area contributed by atoms with E-state index in [1.54, 1.807) is 16.9 Å². The normalized spacial score (nSPS) is 21.6. The van der Waals surface area contributed by atoms with Crippen molar-refractivity contribution < 1.29 is 4.79 Å². The smallest absolute Gasteiger partial charge is 0.244 e. The summed E-state index contributed by atoms with van der Waals surface area (Å²) in [7, 11) is 0. The lowest BCUT2D eigenvalue weighted by Gasteiger charge is -2.40. The Kier molecular flexibility index (Phi) is 4.43. The van der Waals surface area contributed by atoms with E-state index in [2.05, 4.69) is 10.00 Å². The van der Waals surface area contributed by atoms with Gasteiger partial charge in [0.25, 0.3) is 0 Å². The molecule has 116 valence electrons. The first-order valence-corrected chi connectivity index (χ1v) is 8.03. The zero-order valence-corrected chi connectivity index (χ0v) is 12.6. The van der Waals surface area contributed by atoms with Crippen molar-refractivity contribution in [1.82, 2.24) is 19.6 Å². The highest BCUT2D eigenvalue weighted by Crippen LogP contribution is 2.21. The van der Waals surface area contributed by atoms with Crippen molar-refractivity contribution in [2.24, 2.45) is 0 Å². The summed E-state index contributed by atoms with van der Waals surface area (Å²) >= 11 is 0. The molecule has 0 aliphatic carbocycles. The number of rotatable bonds is 3. The van der Waals surface area contributed by atoms with Crippen molar-refractivity contribution in [3.8, 4) is 0 Å². The van der Waals surface area contributed by atoms with Gasteiger partial charge in [0.1, 0.15) is 12.4 Å². The van der Waals surface area contributed by atoms with Crippen LogP contribution in [0, 0.1) is 0 Å².